The molecule has 15 heteroatoms. The lowest BCUT2D eigenvalue weighted by Gasteiger charge is -2.61. The van der Waals surface area contributed by atoms with E-state index in [0.717, 1.165) is 18.5 Å². The molecule has 10 nitrogen and oxygen atoms in total. The Balaban J connectivity index is 0.996. The number of nitrogens with zero attached hydrogens (tertiary/aromatic N) is 4. The third kappa shape index (κ3) is 6.13. The number of benzene rings is 3. The smallest absolute Gasteiger partial charge is 0.340 e. The maximum Gasteiger partial charge on any atom is 0.340 e. The number of fused-ring (bicyclic) bond motifs is 3. The van der Waals surface area contributed by atoms with E-state index in [0.29, 0.717) is 62.0 Å². The van der Waals surface area contributed by atoms with Crippen LogP contribution in [0, 0.1) is 11.2 Å². The molecule has 2 atom stereocenters. The Bertz CT molecular complexity index is 1900. The minimum Gasteiger partial charge on any atom is -0.472 e. The fourth-order valence-corrected chi connectivity index (χ4v) is 9.17. The lowest BCUT2D eigenvalue weighted by atomic mass is 9.72. The van der Waals surface area contributed by atoms with Crippen LogP contribution in [0.15, 0.2) is 42.5 Å². The average molecular weight is 762 g/mol. The van der Waals surface area contributed by atoms with Crippen molar-refractivity contribution in [2.45, 2.75) is 37.4 Å². The van der Waals surface area contributed by atoms with Crippen molar-refractivity contribution in [1.29, 1.82) is 0 Å². The predicted octanol–water partition coefficient (Wildman–Crippen LogP) is 5.70. The van der Waals surface area contributed by atoms with E-state index in [2.05, 4.69) is 4.90 Å². The third-order valence-corrected chi connectivity index (χ3v) is 11.5. The summed E-state index contributed by atoms with van der Waals surface area (Å²) >= 11 is 13.4. The monoisotopic (exact) mass is 760 g/mol. The van der Waals surface area contributed by atoms with Gasteiger partial charge in [-0.1, -0.05) is 41.4 Å². The summed E-state index contributed by atoms with van der Waals surface area (Å²) in [6.45, 7) is 1.70. The summed E-state index contributed by atoms with van der Waals surface area (Å²) in [6.07, 6.45) is 1.80. The molecule has 1 amide bonds. The number of carbonyl (C=O) groups is 2. The maximum absolute atomic E-state index is 15.9. The zero-order valence-electron chi connectivity index (χ0n) is 28.3. The number of halogens is 5. The summed E-state index contributed by atoms with van der Waals surface area (Å²) in [5.41, 5.74) is 2.89. The number of carbonyl (C=O) groups excluding carboxylic acids is 2. The van der Waals surface area contributed by atoms with Gasteiger partial charge in [0.2, 0.25) is 0 Å². The van der Waals surface area contributed by atoms with Crippen LogP contribution in [0.4, 0.5) is 24.5 Å². The van der Waals surface area contributed by atoms with Crippen molar-refractivity contribution < 1.29 is 42.1 Å². The molecule has 0 saturated carbocycles. The standard InChI is InChI=1S/C37H37Cl2F3N4O6/c1-50-35(49)27-9-30(40)26(10-31(27)46-22-5-6-23(46)13-51-12-22)25-4-2-3-21-11-44(20-52-33(21)25)34(48)32-28(38)7-24(8-29(32)39)45-16-36(17-45)14-43(15-36)18-37(41,42)19-47/h2-4,7-10,22-23,47H,5-6,11-20H2,1H3. The molecule has 1 N–H and O–H groups in total. The molecule has 0 aromatic heterocycles. The molecule has 3 aromatic carbocycles. The van der Waals surface area contributed by atoms with E-state index in [9.17, 15) is 18.4 Å². The Morgan fingerprint density at radius 1 is 1.02 bits per heavy atom. The Morgan fingerprint density at radius 2 is 1.71 bits per heavy atom. The van der Waals surface area contributed by atoms with Crippen molar-refractivity contribution in [3.63, 3.8) is 0 Å². The second-order valence-corrected chi connectivity index (χ2v) is 15.4. The highest BCUT2D eigenvalue weighted by Gasteiger charge is 2.53. The van der Waals surface area contributed by atoms with Gasteiger partial charge in [0.25, 0.3) is 11.8 Å². The number of para-hydroxylation sites is 1. The Labute approximate surface area is 308 Å². The number of methoxy groups -OCH3 is 1. The number of aliphatic hydroxyl groups is 1. The van der Waals surface area contributed by atoms with Gasteiger partial charge in [-0.2, -0.15) is 0 Å². The van der Waals surface area contributed by atoms with Crippen molar-refractivity contribution >= 4 is 46.5 Å². The molecule has 5 aliphatic rings. The molecule has 8 rings (SSSR count). The number of ether oxygens (including phenoxy) is 3. The molecule has 4 saturated heterocycles. The average Bonchev–Trinajstić information content (AvgIpc) is 3.33. The highest BCUT2D eigenvalue weighted by molar-refractivity contribution is 6.40. The molecule has 52 heavy (non-hydrogen) atoms. The first kappa shape index (κ1) is 35.3. The molecule has 3 aromatic rings. The van der Waals surface area contributed by atoms with Crippen LogP contribution in [0.25, 0.3) is 11.1 Å². The van der Waals surface area contributed by atoms with E-state index in [-0.39, 0.29) is 57.5 Å². The summed E-state index contributed by atoms with van der Waals surface area (Å²) in [5, 5.41) is 9.21. The van der Waals surface area contributed by atoms with Gasteiger partial charge in [-0.15, -0.1) is 0 Å². The largest absolute Gasteiger partial charge is 0.472 e. The lowest BCUT2D eigenvalue weighted by Crippen LogP contribution is -2.73. The molecule has 276 valence electrons. The van der Waals surface area contributed by atoms with E-state index in [1.165, 1.54) is 18.1 Å². The molecule has 4 fully saturated rings. The van der Waals surface area contributed by atoms with E-state index < -0.39 is 36.8 Å². The fourth-order valence-electron chi connectivity index (χ4n) is 8.54. The minimum atomic E-state index is -3.12. The first-order valence-corrected chi connectivity index (χ1v) is 17.9. The predicted molar refractivity (Wildman–Crippen MR) is 188 cm³/mol. The van der Waals surface area contributed by atoms with Gasteiger partial charge in [0.05, 0.1) is 72.4 Å². The van der Waals surface area contributed by atoms with Crippen molar-refractivity contribution in [1.82, 2.24) is 9.80 Å². The van der Waals surface area contributed by atoms with Gasteiger partial charge < -0.3 is 34.0 Å². The van der Waals surface area contributed by atoms with Gasteiger partial charge >= 0.3 is 5.97 Å². The van der Waals surface area contributed by atoms with E-state index in [4.69, 9.17) is 42.5 Å². The van der Waals surface area contributed by atoms with Crippen LogP contribution >= 0.6 is 23.2 Å². The molecule has 5 aliphatic heterocycles. The Morgan fingerprint density at radius 3 is 2.37 bits per heavy atom. The van der Waals surface area contributed by atoms with E-state index in [1.807, 2.05) is 4.90 Å². The molecule has 2 bridgehead atoms. The fraction of sp³-hybridized carbons (Fsp3) is 0.459. The first-order chi connectivity index (χ1) is 24.9. The Hall–Kier alpha value is -3.75. The number of aliphatic hydroxyl groups excluding tert-OH is 1. The summed E-state index contributed by atoms with van der Waals surface area (Å²) in [5.74, 6) is -4.36. The van der Waals surface area contributed by atoms with Crippen LogP contribution in [0.5, 0.6) is 5.75 Å². The number of morpholine rings is 1. The van der Waals surface area contributed by atoms with Crippen LogP contribution in [-0.4, -0.2) is 111 Å². The summed E-state index contributed by atoms with van der Waals surface area (Å²) in [4.78, 5) is 34.0. The van der Waals surface area contributed by atoms with Crippen LogP contribution in [-0.2, 0) is 16.0 Å². The molecular formula is C37H37Cl2F3N4O6. The molecule has 0 aliphatic carbocycles. The van der Waals surface area contributed by atoms with Crippen molar-refractivity contribution in [3.8, 4) is 16.9 Å². The zero-order valence-corrected chi connectivity index (χ0v) is 29.9. The highest BCUT2D eigenvalue weighted by atomic mass is 35.5. The normalized spacial score (nSPS) is 22.1. The SMILES string of the molecule is COC(=O)c1cc(F)c(-c2cccc3c2OCN(C(=O)c2c(Cl)cc(N4CC5(CN(CC(F)(F)CO)C5)C4)cc2Cl)C3)cc1N1C2CCC1COC2. The Kier molecular flexibility index (Phi) is 9.01. The second kappa shape index (κ2) is 13.3. The van der Waals surface area contributed by atoms with Gasteiger partial charge in [0.1, 0.15) is 18.2 Å². The number of alkyl halides is 2. The highest BCUT2D eigenvalue weighted by Crippen LogP contribution is 2.46. The number of anilines is 2. The van der Waals surface area contributed by atoms with E-state index >= 15 is 4.39 Å². The number of rotatable bonds is 8. The van der Waals surface area contributed by atoms with Crippen molar-refractivity contribution in [2.75, 3.05) is 76.2 Å². The van der Waals surface area contributed by atoms with Gasteiger partial charge in [-0.05, 0) is 37.1 Å². The number of hydrogen-bond donors (Lipinski definition) is 1. The molecular weight excluding hydrogens is 724 g/mol. The van der Waals surface area contributed by atoms with Crippen molar-refractivity contribution in [2.24, 2.45) is 5.41 Å². The minimum absolute atomic E-state index is 0.0612. The number of hydrogen-bond acceptors (Lipinski definition) is 9. The van der Waals surface area contributed by atoms with Gasteiger partial charge in [0, 0.05) is 54.0 Å². The molecule has 0 radical (unpaired) electrons. The van der Waals surface area contributed by atoms with Crippen LogP contribution in [0.3, 0.4) is 0 Å². The first-order valence-electron chi connectivity index (χ1n) is 17.2. The van der Waals surface area contributed by atoms with Gasteiger partial charge in [-0.3, -0.25) is 9.69 Å². The number of likely N-dealkylation sites (tertiary alicyclic amines) is 1. The summed E-state index contributed by atoms with van der Waals surface area (Å²) in [7, 11) is 1.27. The zero-order chi connectivity index (χ0) is 36.5. The van der Waals surface area contributed by atoms with Crippen LogP contribution < -0.4 is 14.5 Å². The van der Waals surface area contributed by atoms with Crippen molar-refractivity contribution in [3.05, 3.63) is 75.0 Å². The number of esters is 1. The number of amides is 1. The summed E-state index contributed by atoms with van der Waals surface area (Å²) in [6, 6.07) is 11.7. The van der Waals surface area contributed by atoms with Crippen LogP contribution in [0.2, 0.25) is 10.0 Å². The van der Waals surface area contributed by atoms with E-state index in [1.54, 1.807) is 41.3 Å². The molecule has 2 unspecified atom stereocenters. The second-order valence-electron chi connectivity index (χ2n) is 14.5. The molecule has 1 spiro atoms. The summed E-state index contributed by atoms with van der Waals surface area (Å²) < 4.78 is 60.0. The maximum atomic E-state index is 15.9. The van der Waals surface area contributed by atoms with Gasteiger partial charge in [0.15, 0.2) is 6.73 Å². The quantitative estimate of drug-likeness (QED) is 0.291. The third-order valence-electron chi connectivity index (χ3n) is 10.9. The topological polar surface area (TPSA) is 95.0 Å². The van der Waals surface area contributed by atoms with Crippen LogP contribution in [0.1, 0.15) is 39.1 Å². The lowest BCUT2D eigenvalue weighted by molar-refractivity contribution is -0.117. The van der Waals surface area contributed by atoms with Gasteiger partial charge in [-0.25, -0.2) is 18.0 Å². The molecule has 5 heterocycles.